The van der Waals surface area contributed by atoms with E-state index >= 15 is 0 Å². The van der Waals surface area contributed by atoms with Gasteiger partial charge in [-0.2, -0.15) is 0 Å². The van der Waals surface area contributed by atoms with Crippen LogP contribution in [0, 0.1) is 5.92 Å². The highest BCUT2D eigenvalue weighted by Crippen LogP contribution is 2.44. The smallest absolute Gasteiger partial charge is 0.336 e. The molecule has 0 saturated carbocycles. The molecule has 2 heterocycles. The van der Waals surface area contributed by atoms with Gasteiger partial charge in [0.2, 0.25) is 0 Å². The fourth-order valence-corrected chi connectivity index (χ4v) is 3.55. The number of ether oxygens (including phenoxy) is 2. The Bertz CT molecular complexity index is 1110. The van der Waals surface area contributed by atoms with Crippen LogP contribution in [0.2, 0.25) is 0 Å². The summed E-state index contributed by atoms with van der Waals surface area (Å²) in [5.74, 6) is 0.495. The number of carbonyl (C=O) groups excluding carboxylic acids is 1. The van der Waals surface area contributed by atoms with Crippen molar-refractivity contribution in [1.29, 1.82) is 0 Å². The van der Waals surface area contributed by atoms with Crippen LogP contribution in [0.5, 0.6) is 11.5 Å². The van der Waals surface area contributed by atoms with Crippen LogP contribution < -0.4 is 15.1 Å². The zero-order chi connectivity index (χ0) is 20.0. The summed E-state index contributed by atoms with van der Waals surface area (Å²) in [5.41, 5.74) is 1.54. The van der Waals surface area contributed by atoms with E-state index in [4.69, 9.17) is 13.9 Å². The maximum atomic E-state index is 13.1. The summed E-state index contributed by atoms with van der Waals surface area (Å²) >= 11 is 0. The van der Waals surface area contributed by atoms with E-state index in [-0.39, 0.29) is 29.5 Å². The Kier molecular flexibility index (Phi) is 4.46. The zero-order valence-corrected chi connectivity index (χ0v) is 16.3. The Hall–Kier alpha value is -3.08. The van der Waals surface area contributed by atoms with Crippen molar-refractivity contribution in [2.24, 2.45) is 5.92 Å². The summed E-state index contributed by atoms with van der Waals surface area (Å²) in [6, 6.07) is 12.7. The highest BCUT2D eigenvalue weighted by atomic mass is 16.5. The van der Waals surface area contributed by atoms with Gasteiger partial charge in [-0.05, 0) is 26.3 Å². The van der Waals surface area contributed by atoms with Gasteiger partial charge in [0.25, 0.3) is 0 Å². The van der Waals surface area contributed by atoms with Crippen molar-refractivity contribution < 1.29 is 18.7 Å². The predicted molar refractivity (Wildman–Crippen MR) is 107 cm³/mol. The van der Waals surface area contributed by atoms with Gasteiger partial charge in [-0.3, -0.25) is 4.79 Å². The van der Waals surface area contributed by atoms with Crippen molar-refractivity contribution in [3.8, 4) is 22.6 Å². The maximum Gasteiger partial charge on any atom is 0.336 e. The maximum absolute atomic E-state index is 13.1. The van der Waals surface area contributed by atoms with Crippen molar-refractivity contribution >= 4 is 16.8 Å². The van der Waals surface area contributed by atoms with Crippen LogP contribution in [0.4, 0.5) is 0 Å². The van der Waals surface area contributed by atoms with E-state index in [1.807, 2.05) is 58.0 Å². The quantitative estimate of drug-likeness (QED) is 0.610. The Morgan fingerprint density at radius 3 is 2.43 bits per heavy atom. The lowest BCUT2D eigenvalue weighted by Gasteiger charge is -2.29. The van der Waals surface area contributed by atoms with Gasteiger partial charge in [0.05, 0.1) is 17.4 Å². The highest BCUT2D eigenvalue weighted by molar-refractivity contribution is 6.14. The standard InChI is InChI=1S/C23H22O5/c1-12(2)26-17-11-18-21(22(25)13(3)14(4)27-18)23-20(17)16(10-19(24)28-23)15-8-6-5-7-9-15/h5-14H,1-4H3/t13-,14-/m1/s1. The second-order valence-corrected chi connectivity index (χ2v) is 7.44. The second-order valence-electron chi connectivity index (χ2n) is 7.44. The van der Waals surface area contributed by atoms with Crippen LogP contribution in [0.1, 0.15) is 38.1 Å². The summed E-state index contributed by atoms with van der Waals surface area (Å²) in [4.78, 5) is 25.4. The number of benzene rings is 2. The highest BCUT2D eigenvalue weighted by Gasteiger charge is 2.35. The lowest BCUT2D eigenvalue weighted by atomic mass is 9.89. The largest absolute Gasteiger partial charge is 0.490 e. The molecule has 1 aliphatic rings. The third-order valence-corrected chi connectivity index (χ3v) is 5.07. The lowest BCUT2D eigenvalue weighted by molar-refractivity contribution is 0.0730. The van der Waals surface area contributed by atoms with Gasteiger partial charge in [0.15, 0.2) is 11.4 Å². The summed E-state index contributed by atoms with van der Waals surface area (Å²) in [6.45, 7) is 7.52. The lowest BCUT2D eigenvalue weighted by Crippen LogP contribution is -2.33. The second kappa shape index (κ2) is 6.82. The Morgan fingerprint density at radius 1 is 1.04 bits per heavy atom. The zero-order valence-electron chi connectivity index (χ0n) is 16.3. The molecule has 1 aromatic heterocycles. The van der Waals surface area contributed by atoms with Crippen molar-refractivity contribution in [2.75, 3.05) is 0 Å². The molecule has 0 unspecified atom stereocenters. The molecule has 0 aliphatic carbocycles. The molecule has 1 aliphatic heterocycles. The summed E-state index contributed by atoms with van der Waals surface area (Å²) in [6.07, 6.45) is -0.374. The molecular formula is C23H22O5. The number of fused-ring (bicyclic) bond motifs is 3. The number of hydrogen-bond acceptors (Lipinski definition) is 5. The third-order valence-electron chi connectivity index (χ3n) is 5.07. The summed E-state index contributed by atoms with van der Waals surface area (Å²) < 4.78 is 17.6. The molecule has 5 nitrogen and oxygen atoms in total. The molecule has 144 valence electrons. The molecule has 0 radical (unpaired) electrons. The Morgan fingerprint density at radius 2 is 1.75 bits per heavy atom. The number of hydrogen-bond donors (Lipinski definition) is 0. The van der Waals surface area contributed by atoms with Crippen LogP contribution in [0.3, 0.4) is 0 Å². The SMILES string of the molecule is CC(C)Oc1cc2c(c3oc(=O)cc(-c4ccccc4)c13)C(=O)[C@H](C)[C@@H](C)O2. The van der Waals surface area contributed by atoms with Gasteiger partial charge in [-0.1, -0.05) is 37.3 Å². The van der Waals surface area contributed by atoms with Crippen LogP contribution >= 0.6 is 0 Å². The molecule has 3 aromatic rings. The molecule has 0 amide bonds. The Labute approximate surface area is 162 Å². The minimum atomic E-state index is -0.519. The monoisotopic (exact) mass is 378 g/mol. The average Bonchev–Trinajstić information content (AvgIpc) is 2.65. The summed E-state index contributed by atoms with van der Waals surface area (Å²) in [7, 11) is 0. The minimum absolute atomic E-state index is 0.0943. The molecule has 0 saturated heterocycles. The molecule has 0 bridgehead atoms. The summed E-state index contributed by atoms with van der Waals surface area (Å²) in [5, 5.41) is 0.608. The Balaban J connectivity index is 2.13. The molecule has 28 heavy (non-hydrogen) atoms. The van der Waals surface area contributed by atoms with E-state index in [2.05, 4.69) is 0 Å². The molecule has 2 aromatic carbocycles. The van der Waals surface area contributed by atoms with Crippen LogP contribution in [0.15, 0.2) is 51.7 Å². The predicted octanol–water partition coefficient (Wildman–Crippen LogP) is 4.85. The van der Waals surface area contributed by atoms with Gasteiger partial charge < -0.3 is 13.9 Å². The van der Waals surface area contributed by atoms with E-state index in [9.17, 15) is 9.59 Å². The number of ketones is 1. The molecule has 2 atom stereocenters. The van der Waals surface area contributed by atoms with E-state index in [0.717, 1.165) is 5.56 Å². The van der Waals surface area contributed by atoms with E-state index in [0.29, 0.717) is 28.0 Å². The fraction of sp³-hybridized carbons (Fsp3) is 0.304. The number of carbonyl (C=O) groups is 1. The molecule has 0 N–H and O–H groups in total. The first-order valence-electron chi connectivity index (χ1n) is 9.44. The fourth-order valence-electron chi connectivity index (χ4n) is 3.55. The molecule has 0 fully saturated rings. The first-order valence-corrected chi connectivity index (χ1v) is 9.44. The molecule has 0 spiro atoms. The van der Waals surface area contributed by atoms with Crippen molar-refractivity contribution in [3.05, 3.63) is 58.4 Å². The topological polar surface area (TPSA) is 65.7 Å². The number of rotatable bonds is 3. The molecular weight excluding hydrogens is 356 g/mol. The van der Waals surface area contributed by atoms with Crippen LogP contribution in [-0.2, 0) is 0 Å². The van der Waals surface area contributed by atoms with Gasteiger partial charge in [0.1, 0.15) is 23.2 Å². The molecule has 4 rings (SSSR count). The minimum Gasteiger partial charge on any atom is -0.490 e. The normalized spacial score (nSPS) is 18.8. The average molecular weight is 378 g/mol. The van der Waals surface area contributed by atoms with Gasteiger partial charge in [0, 0.05) is 17.7 Å². The first-order chi connectivity index (χ1) is 13.4. The van der Waals surface area contributed by atoms with E-state index in [1.54, 1.807) is 6.07 Å². The van der Waals surface area contributed by atoms with E-state index < -0.39 is 5.63 Å². The van der Waals surface area contributed by atoms with Crippen LogP contribution in [-0.4, -0.2) is 18.0 Å². The van der Waals surface area contributed by atoms with Gasteiger partial charge in [-0.15, -0.1) is 0 Å². The van der Waals surface area contributed by atoms with Crippen molar-refractivity contribution in [3.63, 3.8) is 0 Å². The number of Topliss-reactive ketones (excluding diaryl/α,β-unsaturated/α-hetero) is 1. The third kappa shape index (κ3) is 2.97. The van der Waals surface area contributed by atoms with Gasteiger partial charge >= 0.3 is 5.63 Å². The van der Waals surface area contributed by atoms with Crippen molar-refractivity contribution in [1.82, 2.24) is 0 Å². The molecule has 5 heteroatoms. The van der Waals surface area contributed by atoms with Gasteiger partial charge in [-0.25, -0.2) is 4.79 Å². The first kappa shape index (κ1) is 18.3. The van der Waals surface area contributed by atoms with E-state index in [1.165, 1.54) is 6.07 Å². The van der Waals surface area contributed by atoms with Crippen LogP contribution in [0.25, 0.3) is 22.1 Å². The van der Waals surface area contributed by atoms with Crippen molar-refractivity contribution in [2.45, 2.75) is 39.9 Å².